The minimum Gasteiger partial charge on any atom is -0.309 e. The zero-order valence-electron chi connectivity index (χ0n) is 11.3. The highest BCUT2D eigenvalue weighted by molar-refractivity contribution is 6.40. The van der Waals surface area contributed by atoms with Crippen LogP contribution in [0.1, 0.15) is 58.3 Å². The molecule has 16 heavy (non-hydrogen) atoms. The first-order valence-corrected chi connectivity index (χ1v) is 7.52. The van der Waals surface area contributed by atoms with E-state index in [1.54, 1.807) is 0 Å². The Morgan fingerprint density at radius 3 is 1.50 bits per heavy atom. The molecule has 0 fully saturated rings. The highest BCUT2D eigenvalue weighted by Crippen LogP contribution is 2.08. The molecule has 0 radical (unpaired) electrons. The van der Waals surface area contributed by atoms with Crippen molar-refractivity contribution in [3.63, 3.8) is 0 Å². The van der Waals surface area contributed by atoms with Gasteiger partial charge in [0, 0.05) is 0 Å². The van der Waals surface area contributed by atoms with Gasteiger partial charge in [-0.15, -0.1) is 23.2 Å². The first-order chi connectivity index (χ1) is 7.68. The Morgan fingerprint density at radius 2 is 1.12 bits per heavy atom. The van der Waals surface area contributed by atoms with Gasteiger partial charge in [-0.3, -0.25) is 0 Å². The molecule has 0 atom stereocenters. The third-order valence-corrected chi connectivity index (χ3v) is 2.46. The summed E-state index contributed by atoms with van der Waals surface area (Å²) < 4.78 is 0. The molecule has 0 saturated heterocycles. The smallest absolute Gasteiger partial charge is 0.0967 e. The van der Waals surface area contributed by atoms with Crippen LogP contribution in [0, 0.1) is 0 Å². The monoisotopic (exact) mass is 269 g/mol. The second kappa shape index (κ2) is 17.9. The van der Waals surface area contributed by atoms with Crippen LogP contribution in [0.25, 0.3) is 0 Å². The van der Waals surface area contributed by atoms with E-state index >= 15 is 0 Å². The molecule has 0 saturated carbocycles. The average Bonchev–Trinajstić information content (AvgIpc) is 2.23. The number of alkyl halides is 2. The number of rotatable bonds is 9. The van der Waals surface area contributed by atoms with Crippen LogP contribution in [0.5, 0.6) is 0 Å². The van der Waals surface area contributed by atoms with E-state index < -0.39 is 0 Å². The molecule has 0 rings (SSSR count). The van der Waals surface area contributed by atoms with E-state index in [-0.39, 0.29) is 5.34 Å². The highest BCUT2D eigenvalue weighted by Gasteiger charge is 1.92. The van der Waals surface area contributed by atoms with Gasteiger partial charge in [0.2, 0.25) is 0 Å². The number of nitrogens with zero attached hydrogens (tertiary/aromatic N) is 1. The van der Waals surface area contributed by atoms with E-state index in [0.717, 1.165) is 0 Å². The van der Waals surface area contributed by atoms with Crippen molar-refractivity contribution in [1.82, 2.24) is 4.90 Å². The molecule has 0 unspecified atom stereocenters. The Hall–Kier alpha value is 0.540. The molecule has 0 aliphatic heterocycles. The zero-order valence-corrected chi connectivity index (χ0v) is 12.8. The molecule has 0 aromatic carbocycles. The van der Waals surface area contributed by atoms with Gasteiger partial charge in [0.1, 0.15) is 0 Å². The first kappa shape index (κ1) is 18.9. The minimum absolute atomic E-state index is 0.194. The minimum atomic E-state index is 0.194. The van der Waals surface area contributed by atoms with Gasteiger partial charge in [-0.1, -0.05) is 51.9 Å². The summed E-state index contributed by atoms with van der Waals surface area (Å²) in [5, 5.41) is 0.194. The molecular formula is C13H29Cl2N. The first-order valence-electron chi connectivity index (χ1n) is 6.45. The Bertz CT molecular complexity index is 108. The molecular weight excluding hydrogens is 241 g/mol. The summed E-state index contributed by atoms with van der Waals surface area (Å²) in [5.41, 5.74) is 0. The van der Waals surface area contributed by atoms with Gasteiger partial charge in [0.15, 0.2) is 0 Å². The molecule has 0 spiro atoms. The fourth-order valence-corrected chi connectivity index (χ4v) is 1.56. The molecule has 3 heteroatoms. The van der Waals surface area contributed by atoms with E-state index in [0.29, 0.717) is 0 Å². The van der Waals surface area contributed by atoms with Crippen molar-refractivity contribution >= 4 is 23.2 Å². The predicted octanol–water partition coefficient (Wildman–Crippen LogP) is 5.11. The third-order valence-electron chi connectivity index (χ3n) is 2.46. The van der Waals surface area contributed by atoms with Gasteiger partial charge in [0.25, 0.3) is 0 Å². The van der Waals surface area contributed by atoms with E-state index in [2.05, 4.69) is 25.9 Å². The standard InChI is InChI=1S/C12H27N.CH2Cl2/c1-4-5-6-7-8-9-10-11-12-13(2)3;2-1-3/h4-12H2,1-3H3;1H2. The lowest BCUT2D eigenvalue weighted by Crippen LogP contribution is -2.12. The van der Waals surface area contributed by atoms with Gasteiger partial charge >= 0.3 is 0 Å². The number of hydrogen-bond donors (Lipinski definition) is 0. The summed E-state index contributed by atoms with van der Waals surface area (Å²) in [6.07, 6.45) is 11.4. The SMILES string of the molecule is CCCCCCCCCCN(C)C.ClCCl. The largest absolute Gasteiger partial charge is 0.309 e. The molecule has 0 aromatic rings. The van der Waals surface area contributed by atoms with Crippen molar-refractivity contribution in [2.24, 2.45) is 0 Å². The Labute approximate surface area is 112 Å². The molecule has 0 aliphatic rings. The average molecular weight is 270 g/mol. The second-order valence-electron chi connectivity index (χ2n) is 4.38. The molecule has 1 nitrogen and oxygen atoms in total. The lowest BCUT2D eigenvalue weighted by molar-refractivity contribution is 0.389. The maximum Gasteiger partial charge on any atom is 0.0967 e. The summed E-state index contributed by atoms with van der Waals surface area (Å²) in [6, 6.07) is 0. The number of unbranched alkanes of at least 4 members (excludes halogenated alkanes) is 7. The Morgan fingerprint density at radius 1 is 0.750 bits per heavy atom. The van der Waals surface area contributed by atoms with Crippen molar-refractivity contribution in [2.75, 3.05) is 26.0 Å². The Balaban J connectivity index is 0. The van der Waals surface area contributed by atoms with Gasteiger partial charge in [-0.25, -0.2) is 0 Å². The van der Waals surface area contributed by atoms with Crippen LogP contribution in [-0.2, 0) is 0 Å². The van der Waals surface area contributed by atoms with Gasteiger partial charge in [-0.2, -0.15) is 0 Å². The lowest BCUT2D eigenvalue weighted by Gasteiger charge is -2.08. The van der Waals surface area contributed by atoms with Crippen LogP contribution >= 0.6 is 23.2 Å². The molecule has 100 valence electrons. The molecule has 0 aromatic heterocycles. The summed E-state index contributed by atoms with van der Waals surface area (Å²) in [6.45, 7) is 3.53. The predicted molar refractivity (Wildman–Crippen MR) is 77.7 cm³/mol. The quantitative estimate of drug-likeness (QED) is 0.415. The van der Waals surface area contributed by atoms with Crippen LogP contribution in [0.3, 0.4) is 0 Å². The topological polar surface area (TPSA) is 3.24 Å². The normalized spacial score (nSPS) is 10.1. The van der Waals surface area contributed by atoms with E-state index in [1.165, 1.54) is 57.9 Å². The van der Waals surface area contributed by atoms with Gasteiger partial charge < -0.3 is 4.90 Å². The fraction of sp³-hybridized carbons (Fsp3) is 1.00. The molecule has 0 aliphatic carbocycles. The highest BCUT2D eigenvalue weighted by atomic mass is 35.5. The summed E-state index contributed by atoms with van der Waals surface area (Å²) in [7, 11) is 4.31. The maximum absolute atomic E-state index is 4.76. The zero-order chi connectivity index (χ0) is 12.6. The van der Waals surface area contributed by atoms with Gasteiger partial charge in [0.05, 0.1) is 5.34 Å². The van der Waals surface area contributed by atoms with Crippen molar-refractivity contribution in [2.45, 2.75) is 58.3 Å². The molecule has 0 amide bonds. The maximum atomic E-state index is 4.76. The Kier molecular flexibility index (Phi) is 21.2. The van der Waals surface area contributed by atoms with Crippen molar-refractivity contribution in [3.05, 3.63) is 0 Å². The van der Waals surface area contributed by atoms with Crippen LogP contribution in [-0.4, -0.2) is 30.9 Å². The van der Waals surface area contributed by atoms with Crippen LogP contribution in [0.2, 0.25) is 0 Å². The fourth-order valence-electron chi connectivity index (χ4n) is 1.56. The third kappa shape index (κ3) is 24.0. The van der Waals surface area contributed by atoms with Gasteiger partial charge in [-0.05, 0) is 27.1 Å². The molecule has 0 bridgehead atoms. The van der Waals surface area contributed by atoms with Crippen molar-refractivity contribution in [1.29, 1.82) is 0 Å². The van der Waals surface area contributed by atoms with Crippen molar-refractivity contribution < 1.29 is 0 Å². The van der Waals surface area contributed by atoms with Crippen molar-refractivity contribution in [3.8, 4) is 0 Å². The van der Waals surface area contributed by atoms with E-state index in [1.807, 2.05) is 0 Å². The lowest BCUT2D eigenvalue weighted by atomic mass is 10.1. The summed E-state index contributed by atoms with van der Waals surface area (Å²) in [4.78, 5) is 2.27. The van der Waals surface area contributed by atoms with Crippen LogP contribution < -0.4 is 0 Å². The van der Waals surface area contributed by atoms with Crippen LogP contribution in [0.4, 0.5) is 0 Å². The van der Waals surface area contributed by atoms with E-state index in [4.69, 9.17) is 23.2 Å². The summed E-state index contributed by atoms with van der Waals surface area (Å²) in [5.74, 6) is 0. The van der Waals surface area contributed by atoms with E-state index in [9.17, 15) is 0 Å². The number of halogens is 2. The molecule has 0 heterocycles. The molecule has 0 N–H and O–H groups in total. The van der Waals surface area contributed by atoms with Crippen LogP contribution in [0.15, 0.2) is 0 Å². The second-order valence-corrected chi connectivity index (χ2v) is 5.19. The number of hydrogen-bond acceptors (Lipinski definition) is 1. The summed E-state index contributed by atoms with van der Waals surface area (Å²) >= 11 is 9.53.